The molecule has 4 nitrogen and oxygen atoms in total. The quantitative estimate of drug-likeness (QED) is 0.206. The second-order valence-electron chi connectivity index (χ2n) is 3.30. The van der Waals surface area contributed by atoms with Gasteiger partial charge in [0.2, 0.25) is 0 Å². The van der Waals surface area contributed by atoms with Gasteiger partial charge in [0.25, 0.3) is 0 Å². The standard InChI is InChI=1S/C10H20O4Si/c1-8(2)10(11)13-6-5-7-15-14-9(3)12-4/h9H,1,5-7,15H2,2-4H3. The third-order valence-corrected chi connectivity index (χ3v) is 3.30. The van der Waals surface area contributed by atoms with Crippen molar-refractivity contribution in [3.63, 3.8) is 0 Å². The molecule has 88 valence electrons. The molecule has 0 rings (SSSR count). The van der Waals surface area contributed by atoms with Crippen molar-refractivity contribution in [2.75, 3.05) is 13.7 Å². The first-order valence-corrected chi connectivity index (χ1v) is 6.62. The number of hydrogen-bond donors (Lipinski definition) is 0. The van der Waals surface area contributed by atoms with Crippen LogP contribution in [0, 0.1) is 0 Å². The number of rotatable bonds is 8. The Morgan fingerprint density at radius 1 is 1.53 bits per heavy atom. The van der Waals surface area contributed by atoms with E-state index in [1.807, 2.05) is 6.92 Å². The lowest BCUT2D eigenvalue weighted by molar-refractivity contribution is -0.138. The second-order valence-corrected chi connectivity index (χ2v) is 4.75. The fraction of sp³-hybridized carbons (Fsp3) is 0.700. The summed E-state index contributed by atoms with van der Waals surface area (Å²) in [7, 11) is 1.07. The minimum Gasteiger partial charge on any atom is -0.462 e. The Morgan fingerprint density at radius 3 is 2.73 bits per heavy atom. The number of carbonyl (C=O) groups excluding carboxylic acids is 1. The number of esters is 1. The molecule has 0 aromatic rings. The summed E-state index contributed by atoms with van der Waals surface area (Å²) in [5, 5.41) is 0. The van der Waals surface area contributed by atoms with E-state index in [0.29, 0.717) is 12.2 Å². The van der Waals surface area contributed by atoms with E-state index in [4.69, 9.17) is 13.9 Å². The summed E-state index contributed by atoms with van der Waals surface area (Å²) in [6.07, 6.45) is 0.733. The molecule has 1 atom stereocenters. The van der Waals surface area contributed by atoms with E-state index in [0.717, 1.165) is 12.5 Å². The van der Waals surface area contributed by atoms with E-state index in [1.54, 1.807) is 14.0 Å². The molecule has 0 bridgehead atoms. The average Bonchev–Trinajstić information content (AvgIpc) is 2.22. The number of methoxy groups -OCH3 is 1. The lowest BCUT2D eigenvalue weighted by atomic mass is 10.4. The van der Waals surface area contributed by atoms with E-state index in [2.05, 4.69) is 6.58 Å². The van der Waals surface area contributed by atoms with Crippen LogP contribution in [0.3, 0.4) is 0 Å². The molecule has 15 heavy (non-hydrogen) atoms. The van der Waals surface area contributed by atoms with Gasteiger partial charge in [-0.2, -0.15) is 0 Å². The molecule has 0 saturated carbocycles. The normalized spacial score (nSPS) is 13.0. The minimum atomic E-state index is -0.550. The van der Waals surface area contributed by atoms with Crippen LogP contribution in [0.25, 0.3) is 0 Å². The fourth-order valence-electron chi connectivity index (χ4n) is 0.810. The van der Waals surface area contributed by atoms with Gasteiger partial charge in [-0.1, -0.05) is 6.58 Å². The molecule has 0 aliphatic carbocycles. The summed E-state index contributed by atoms with van der Waals surface area (Å²) in [5.74, 6) is -0.317. The first-order chi connectivity index (χ1) is 7.07. The molecule has 0 aliphatic rings. The van der Waals surface area contributed by atoms with Crippen molar-refractivity contribution in [2.24, 2.45) is 0 Å². The summed E-state index contributed by atoms with van der Waals surface area (Å²) in [5.41, 5.74) is 0.441. The highest BCUT2D eigenvalue weighted by Gasteiger charge is 2.02. The maximum atomic E-state index is 11.0. The lowest BCUT2D eigenvalue weighted by Gasteiger charge is -2.10. The third-order valence-electron chi connectivity index (χ3n) is 1.80. The van der Waals surface area contributed by atoms with Gasteiger partial charge in [0.15, 0.2) is 9.76 Å². The van der Waals surface area contributed by atoms with Crippen LogP contribution in [-0.4, -0.2) is 35.7 Å². The molecule has 0 aromatic carbocycles. The van der Waals surface area contributed by atoms with Crippen LogP contribution in [0.2, 0.25) is 6.04 Å². The summed E-state index contributed by atoms with van der Waals surface area (Å²) in [6.45, 7) is 7.45. The van der Waals surface area contributed by atoms with Crippen molar-refractivity contribution < 1.29 is 18.7 Å². The third kappa shape index (κ3) is 8.35. The van der Waals surface area contributed by atoms with Crippen LogP contribution in [0.1, 0.15) is 20.3 Å². The van der Waals surface area contributed by atoms with Gasteiger partial charge >= 0.3 is 5.97 Å². The van der Waals surface area contributed by atoms with Crippen LogP contribution in [-0.2, 0) is 18.7 Å². The predicted octanol–water partition coefficient (Wildman–Crippen LogP) is 1.01. The van der Waals surface area contributed by atoms with E-state index in [9.17, 15) is 4.79 Å². The minimum absolute atomic E-state index is 0.116. The maximum absolute atomic E-state index is 11.0. The molecule has 0 aromatic heterocycles. The van der Waals surface area contributed by atoms with Crippen LogP contribution < -0.4 is 0 Å². The van der Waals surface area contributed by atoms with Gasteiger partial charge in [0.1, 0.15) is 6.29 Å². The molecule has 0 radical (unpaired) electrons. The molecular weight excluding hydrogens is 212 g/mol. The molecule has 0 aliphatic heterocycles. The molecule has 0 spiro atoms. The molecule has 0 heterocycles. The van der Waals surface area contributed by atoms with Gasteiger partial charge < -0.3 is 13.9 Å². The van der Waals surface area contributed by atoms with Crippen molar-refractivity contribution in [1.29, 1.82) is 0 Å². The van der Waals surface area contributed by atoms with Gasteiger partial charge in [0.05, 0.1) is 6.61 Å². The fourth-order valence-corrected chi connectivity index (χ4v) is 1.85. The molecule has 0 amide bonds. The zero-order chi connectivity index (χ0) is 11.7. The second kappa shape index (κ2) is 8.64. The zero-order valence-electron chi connectivity index (χ0n) is 9.75. The van der Waals surface area contributed by atoms with Crippen LogP contribution in [0.15, 0.2) is 12.2 Å². The Kier molecular flexibility index (Phi) is 8.26. The highest BCUT2D eigenvalue weighted by molar-refractivity contribution is 6.27. The predicted molar refractivity (Wildman–Crippen MR) is 61.3 cm³/mol. The SMILES string of the molecule is C=C(C)C(=O)OCCC[SiH2]OC(C)OC. The summed E-state index contributed by atoms with van der Waals surface area (Å²) in [6, 6.07) is 0.983. The smallest absolute Gasteiger partial charge is 0.333 e. The Hall–Kier alpha value is -0.653. The van der Waals surface area contributed by atoms with Crippen molar-refractivity contribution in [1.82, 2.24) is 0 Å². The Bertz CT molecular complexity index is 206. The van der Waals surface area contributed by atoms with Gasteiger partial charge in [-0.15, -0.1) is 0 Å². The summed E-state index contributed by atoms with van der Waals surface area (Å²) >= 11 is 0. The highest BCUT2D eigenvalue weighted by Crippen LogP contribution is 1.98. The summed E-state index contributed by atoms with van der Waals surface area (Å²) in [4.78, 5) is 11.0. The van der Waals surface area contributed by atoms with E-state index in [1.165, 1.54) is 0 Å². The molecule has 5 heteroatoms. The van der Waals surface area contributed by atoms with Gasteiger partial charge in [-0.25, -0.2) is 4.79 Å². The Morgan fingerprint density at radius 2 is 2.20 bits per heavy atom. The lowest BCUT2D eigenvalue weighted by Crippen LogP contribution is -2.14. The van der Waals surface area contributed by atoms with Crippen LogP contribution in [0.5, 0.6) is 0 Å². The van der Waals surface area contributed by atoms with Crippen LogP contribution >= 0.6 is 0 Å². The largest absolute Gasteiger partial charge is 0.462 e. The van der Waals surface area contributed by atoms with Crippen molar-refractivity contribution in [3.05, 3.63) is 12.2 Å². The molecular formula is C10H20O4Si. The van der Waals surface area contributed by atoms with E-state index < -0.39 is 9.76 Å². The monoisotopic (exact) mass is 232 g/mol. The van der Waals surface area contributed by atoms with E-state index in [-0.39, 0.29) is 12.3 Å². The highest BCUT2D eigenvalue weighted by atomic mass is 28.2. The first-order valence-electron chi connectivity index (χ1n) is 5.05. The topological polar surface area (TPSA) is 44.8 Å². The molecule has 0 saturated heterocycles. The van der Waals surface area contributed by atoms with Crippen molar-refractivity contribution in [3.8, 4) is 0 Å². The van der Waals surface area contributed by atoms with Gasteiger partial charge in [-0.3, -0.25) is 0 Å². The molecule has 0 fully saturated rings. The maximum Gasteiger partial charge on any atom is 0.333 e. The number of ether oxygens (including phenoxy) is 2. The van der Waals surface area contributed by atoms with Crippen molar-refractivity contribution in [2.45, 2.75) is 32.6 Å². The zero-order valence-corrected chi connectivity index (χ0v) is 11.2. The van der Waals surface area contributed by atoms with Crippen molar-refractivity contribution >= 4 is 15.7 Å². The van der Waals surface area contributed by atoms with Gasteiger partial charge in [0, 0.05) is 12.7 Å². The average molecular weight is 232 g/mol. The molecule has 1 unspecified atom stereocenters. The Labute approximate surface area is 93.5 Å². The van der Waals surface area contributed by atoms with E-state index >= 15 is 0 Å². The van der Waals surface area contributed by atoms with Gasteiger partial charge in [-0.05, 0) is 26.3 Å². The first kappa shape index (κ1) is 14.3. The number of carbonyl (C=O) groups is 1. The van der Waals surface area contributed by atoms with Crippen LogP contribution in [0.4, 0.5) is 0 Å². The number of hydrogen-bond acceptors (Lipinski definition) is 4. The summed E-state index contributed by atoms with van der Waals surface area (Å²) < 4.78 is 15.3. The Balaban J connectivity index is 3.25. The molecule has 0 N–H and O–H groups in total.